The van der Waals surface area contributed by atoms with Crippen LogP contribution in [0.5, 0.6) is 5.75 Å². The zero-order valence-electron chi connectivity index (χ0n) is 15.4. The molecule has 1 atom stereocenters. The Morgan fingerprint density at radius 3 is 2.74 bits per heavy atom. The highest BCUT2D eigenvalue weighted by Gasteiger charge is 2.18. The van der Waals surface area contributed by atoms with Crippen molar-refractivity contribution in [1.82, 2.24) is 9.29 Å². The van der Waals surface area contributed by atoms with Crippen LogP contribution in [0.4, 0.5) is 0 Å². The average Bonchev–Trinajstić information content (AvgIpc) is 2.65. The minimum Gasteiger partial charge on any atom is -0.490 e. The van der Waals surface area contributed by atoms with Crippen LogP contribution in [0.3, 0.4) is 0 Å². The lowest BCUT2D eigenvalue weighted by Crippen LogP contribution is -2.26. The molecule has 8 heteroatoms. The summed E-state index contributed by atoms with van der Waals surface area (Å²) in [6.07, 6.45) is 3.53. The first-order chi connectivity index (χ1) is 12.9. The zero-order valence-corrected chi connectivity index (χ0v) is 16.3. The van der Waals surface area contributed by atoms with E-state index in [1.807, 2.05) is 24.3 Å². The molecule has 0 aliphatic carbocycles. The number of ether oxygens (including phenoxy) is 2. The van der Waals surface area contributed by atoms with Crippen molar-refractivity contribution in [2.45, 2.75) is 32.4 Å². The summed E-state index contributed by atoms with van der Waals surface area (Å²) in [5, 5.41) is 0. The molecule has 27 heavy (non-hydrogen) atoms. The van der Waals surface area contributed by atoms with Gasteiger partial charge in [0.15, 0.2) is 0 Å². The first-order valence-corrected chi connectivity index (χ1v) is 9.94. The average molecular weight is 392 g/mol. The van der Waals surface area contributed by atoms with Gasteiger partial charge in [0.25, 0.3) is 5.56 Å². The van der Waals surface area contributed by atoms with Gasteiger partial charge in [-0.25, -0.2) is 8.93 Å². The number of hydrogen-bond donors (Lipinski definition) is 2. The van der Waals surface area contributed by atoms with Gasteiger partial charge in [-0.1, -0.05) is 6.07 Å². The normalized spacial score (nSPS) is 16.3. The van der Waals surface area contributed by atoms with E-state index in [-0.39, 0.29) is 18.2 Å². The van der Waals surface area contributed by atoms with E-state index in [1.165, 1.54) is 0 Å². The van der Waals surface area contributed by atoms with Crippen LogP contribution in [-0.2, 0) is 29.6 Å². The van der Waals surface area contributed by atoms with Crippen LogP contribution in [0.25, 0.3) is 11.1 Å². The number of benzene rings is 1. The molecule has 1 unspecified atom stereocenters. The molecule has 3 rings (SSSR count). The molecular formula is C19H24N2O5S. The van der Waals surface area contributed by atoms with Gasteiger partial charge in [0, 0.05) is 49.3 Å². The summed E-state index contributed by atoms with van der Waals surface area (Å²) in [5.41, 5.74) is 3.16. The van der Waals surface area contributed by atoms with E-state index in [0.717, 1.165) is 35.3 Å². The minimum absolute atomic E-state index is 0.0425. The SMILES string of the molecule is Cc1cc(-c2cc(CNS(=O)O)ccc2OC2CCOCC2)cn(C)c1=O. The van der Waals surface area contributed by atoms with Gasteiger partial charge in [-0.15, -0.1) is 0 Å². The molecule has 0 amide bonds. The van der Waals surface area contributed by atoms with Crippen molar-refractivity contribution in [3.63, 3.8) is 0 Å². The molecule has 0 radical (unpaired) electrons. The third-order valence-electron chi connectivity index (χ3n) is 4.58. The Morgan fingerprint density at radius 2 is 2.07 bits per heavy atom. The lowest BCUT2D eigenvalue weighted by molar-refractivity contribution is 0.0258. The van der Waals surface area contributed by atoms with E-state index in [4.69, 9.17) is 14.0 Å². The number of pyridine rings is 1. The van der Waals surface area contributed by atoms with Crippen molar-refractivity contribution >= 4 is 11.3 Å². The van der Waals surface area contributed by atoms with Crippen LogP contribution in [0.15, 0.2) is 35.3 Å². The van der Waals surface area contributed by atoms with E-state index in [2.05, 4.69) is 4.72 Å². The molecule has 1 aliphatic heterocycles. The first kappa shape index (κ1) is 19.8. The maximum absolute atomic E-state index is 12.0. The fourth-order valence-corrected chi connectivity index (χ4v) is 3.45. The Hall–Kier alpha value is -2.00. The quantitative estimate of drug-likeness (QED) is 0.735. The molecule has 1 aromatic heterocycles. The number of nitrogens with one attached hydrogen (secondary N) is 1. The number of aryl methyl sites for hydroxylation is 2. The minimum atomic E-state index is -2.08. The summed E-state index contributed by atoms with van der Waals surface area (Å²) in [6, 6.07) is 7.51. The third kappa shape index (κ3) is 5.04. The summed E-state index contributed by atoms with van der Waals surface area (Å²) < 4.78 is 35.5. The number of nitrogens with zero attached hydrogens (tertiary/aromatic N) is 1. The van der Waals surface area contributed by atoms with Crippen molar-refractivity contribution in [3.8, 4) is 16.9 Å². The van der Waals surface area contributed by atoms with Gasteiger partial charge < -0.3 is 14.0 Å². The smallest absolute Gasteiger partial charge is 0.253 e. The summed E-state index contributed by atoms with van der Waals surface area (Å²) in [4.78, 5) is 12.0. The van der Waals surface area contributed by atoms with Crippen molar-refractivity contribution in [2.24, 2.45) is 7.05 Å². The molecule has 1 aliphatic rings. The maximum Gasteiger partial charge on any atom is 0.253 e. The molecule has 1 fully saturated rings. The van der Waals surface area contributed by atoms with Gasteiger partial charge in [0.2, 0.25) is 11.3 Å². The topological polar surface area (TPSA) is 89.8 Å². The molecule has 7 nitrogen and oxygen atoms in total. The maximum atomic E-state index is 12.0. The number of hydrogen-bond acceptors (Lipinski definition) is 4. The van der Waals surface area contributed by atoms with Crippen LogP contribution >= 0.6 is 0 Å². The highest BCUT2D eigenvalue weighted by Crippen LogP contribution is 2.33. The first-order valence-electron chi connectivity index (χ1n) is 8.83. The molecule has 0 bridgehead atoms. The summed E-state index contributed by atoms with van der Waals surface area (Å²) in [6.45, 7) is 3.40. The van der Waals surface area contributed by atoms with Gasteiger partial charge in [-0.2, -0.15) is 0 Å². The van der Waals surface area contributed by atoms with Gasteiger partial charge >= 0.3 is 0 Å². The number of rotatable bonds is 6. The fraction of sp³-hybridized carbons (Fsp3) is 0.421. The summed E-state index contributed by atoms with van der Waals surface area (Å²) >= 11 is -2.08. The molecule has 2 aromatic rings. The Labute approximate surface area is 160 Å². The van der Waals surface area contributed by atoms with Gasteiger partial charge in [-0.3, -0.25) is 9.35 Å². The molecular weight excluding hydrogens is 368 g/mol. The van der Waals surface area contributed by atoms with Gasteiger partial charge in [-0.05, 0) is 30.7 Å². The predicted molar refractivity (Wildman–Crippen MR) is 104 cm³/mol. The lowest BCUT2D eigenvalue weighted by Gasteiger charge is -2.25. The highest BCUT2D eigenvalue weighted by atomic mass is 32.2. The summed E-state index contributed by atoms with van der Waals surface area (Å²) in [7, 11) is 1.72. The second kappa shape index (κ2) is 8.79. The highest BCUT2D eigenvalue weighted by molar-refractivity contribution is 7.77. The fourth-order valence-electron chi connectivity index (χ4n) is 3.16. The van der Waals surface area contributed by atoms with Crippen molar-refractivity contribution in [2.75, 3.05) is 13.2 Å². The van der Waals surface area contributed by atoms with Gasteiger partial charge in [0.1, 0.15) is 11.9 Å². The van der Waals surface area contributed by atoms with Gasteiger partial charge in [0.05, 0.1) is 13.2 Å². The Morgan fingerprint density at radius 1 is 1.33 bits per heavy atom. The third-order valence-corrected chi connectivity index (χ3v) is 4.97. The molecule has 1 saturated heterocycles. The van der Waals surface area contributed by atoms with Crippen LogP contribution in [0, 0.1) is 6.92 Å². The van der Waals surface area contributed by atoms with E-state index in [9.17, 15) is 9.00 Å². The molecule has 1 aromatic carbocycles. The van der Waals surface area contributed by atoms with Crippen LogP contribution in [-0.4, -0.2) is 32.6 Å². The van der Waals surface area contributed by atoms with Crippen LogP contribution in [0.2, 0.25) is 0 Å². The number of aromatic nitrogens is 1. The van der Waals surface area contributed by atoms with Crippen LogP contribution in [0.1, 0.15) is 24.0 Å². The molecule has 146 valence electrons. The molecule has 2 N–H and O–H groups in total. The van der Waals surface area contributed by atoms with E-state index < -0.39 is 11.3 Å². The standard InChI is InChI=1S/C19H24N2O5S/c1-13-9-15(12-21(2)19(13)22)17-10-14(11-20-27(23)24)3-4-18(17)26-16-5-7-25-8-6-16/h3-4,9-10,12,16,20H,5-8,11H2,1-2H3,(H,23,24). The Kier molecular flexibility index (Phi) is 6.43. The van der Waals surface area contributed by atoms with Crippen molar-refractivity contribution in [3.05, 3.63) is 51.9 Å². The Balaban J connectivity index is 1.99. The monoisotopic (exact) mass is 392 g/mol. The summed E-state index contributed by atoms with van der Waals surface area (Å²) in [5.74, 6) is 0.730. The van der Waals surface area contributed by atoms with Crippen molar-refractivity contribution in [1.29, 1.82) is 0 Å². The van der Waals surface area contributed by atoms with E-state index in [1.54, 1.807) is 24.7 Å². The lowest BCUT2D eigenvalue weighted by atomic mass is 10.0. The Bertz CT molecular complexity index is 864. The van der Waals surface area contributed by atoms with Crippen LogP contribution < -0.4 is 15.0 Å². The largest absolute Gasteiger partial charge is 0.490 e. The van der Waals surface area contributed by atoms with Crippen molar-refractivity contribution < 1.29 is 18.2 Å². The molecule has 2 heterocycles. The second-order valence-electron chi connectivity index (χ2n) is 6.66. The van der Waals surface area contributed by atoms with E-state index >= 15 is 0 Å². The predicted octanol–water partition coefficient (Wildman–Crippen LogP) is 2.14. The molecule has 0 spiro atoms. The molecule has 0 saturated carbocycles. The second-order valence-corrected chi connectivity index (χ2v) is 7.45. The van der Waals surface area contributed by atoms with E-state index in [0.29, 0.717) is 18.8 Å². The zero-order chi connectivity index (χ0) is 19.4.